The van der Waals surface area contributed by atoms with E-state index in [9.17, 15) is 18.0 Å². The van der Waals surface area contributed by atoms with Crippen LogP contribution in [-0.2, 0) is 37.4 Å². The summed E-state index contributed by atoms with van der Waals surface area (Å²) in [6.45, 7) is 5.85. The predicted octanol–water partition coefficient (Wildman–Crippen LogP) is 5.06. The molecule has 4 rings (SSSR count). The molecule has 1 heterocycles. The van der Waals surface area contributed by atoms with Gasteiger partial charge < -0.3 is 13.7 Å². The van der Waals surface area contributed by atoms with Crippen LogP contribution in [0.15, 0.2) is 40.8 Å². The van der Waals surface area contributed by atoms with Crippen LogP contribution in [-0.4, -0.2) is 27.5 Å². The number of fused-ring (bicyclic) bond motifs is 1. The van der Waals surface area contributed by atoms with Crippen molar-refractivity contribution >= 4 is 22.1 Å². The fraction of sp³-hybridized carbons (Fsp3) is 0.407. The molecule has 2 aliphatic rings. The summed E-state index contributed by atoms with van der Waals surface area (Å²) in [6.07, 6.45) is 5.11. The molecule has 0 amide bonds. The first-order valence-corrected chi connectivity index (χ1v) is 13.1. The Hall–Kier alpha value is -3.13. The van der Waals surface area contributed by atoms with E-state index in [2.05, 4.69) is 0 Å². The Kier molecular flexibility index (Phi) is 7.03. The summed E-state index contributed by atoms with van der Waals surface area (Å²) in [7, 11) is -2.83. The second kappa shape index (κ2) is 9.85. The molecule has 0 N–H and O–H groups in total. The molecule has 2 aromatic carbocycles. The minimum absolute atomic E-state index is 0.0208. The number of rotatable bonds is 9. The van der Waals surface area contributed by atoms with E-state index in [0.717, 1.165) is 35.1 Å². The van der Waals surface area contributed by atoms with Crippen LogP contribution < -0.4 is 4.18 Å². The van der Waals surface area contributed by atoms with E-state index < -0.39 is 16.1 Å². The fourth-order valence-electron chi connectivity index (χ4n) is 4.45. The highest BCUT2D eigenvalue weighted by molar-refractivity contribution is 7.87. The van der Waals surface area contributed by atoms with Crippen LogP contribution >= 0.6 is 0 Å². The zero-order valence-corrected chi connectivity index (χ0v) is 21.3. The van der Waals surface area contributed by atoms with Crippen molar-refractivity contribution in [1.82, 2.24) is 0 Å². The van der Waals surface area contributed by atoms with Gasteiger partial charge in [-0.2, -0.15) is 8.42 Å². The second-order valence-electron chi connectivity index (χ2n) is 9.23. The standard InChI is InChI=1S/C27H30O7S/c1-16-5-11-20(12-6-16)35(30,31)34-26-21(13-7-17(2)8-14-23(28)32-4)24(19-9-10-19)18(3)22-15-33-27(29)25(22)26/h5-7,11-12,19H,8-10,13-15H2,1-4H3/b17-7+. The molecule has 35 heavy (non-hydrogen) atoms. The van der Waals surface area contributed by atoms with Crippen molar-refractivity contribution in [3.8, 4) is 5.75 Å². The molecular formula is C27H30O7S. The van der Waals surface area contributed by atoms with Gasteiger partial charge in [-0.3, -0.25) is 4.79 Å². The maximum atomic E-state index is 13.3. The van der Waals surface area contributed by atoms with E-state index in [1.165, 1.54) is 19.2 Å². The Bertz CT molecular complexity index is 1300. The Morgan fingerprint density at radius 1 is 1.14 bits per heavy atom. The lowest BCUT2D eigenvalue weighted by atomic mass is 9.88. The second-order valence-corrected chi connectivity index (χ2v) is 10.8. The summed E-state index contributed by atoms with van der Waals surface area (Å²) in [5.41, 5.74) is 5.46. The molecule has 7 nitrogen and oxygen atoms in total. The number of hydrogen-bond acceptors (Lipinski definition) is 7. The molecule has 1 aliphatic carbocycles. The van der Waals surface area contributed by atoms with Gasteiger partial charge in [0.1, 0.15) is 17.1 Å². The average molecular weight is 499 g/mol. The predicted molar refractivity (Wildman–Crippen MR) is 130 cm³/mol. The lowest BCUT2D eigenvalue weighted by Crippen LogP contribution is -2.16. The topological polar surface area (TPSA) is 96.0 Å². The number of ether oxygens (including phenoxy) is 2. The van der Waals surface area contributed by atoms with E-state index in [1.807, 2.05) is 26.8 Å². The first kappa shape index (κ1) is 25.0. The Balaban J connectivity index is 1.80. The number of esters is 2. The molecule has 0 atom stereocenters. The van der Waals surface area contributed by atoms with Crippen LogP contribution in [0.3, 0.4) is 0 Å². The molecule has 0 spiro atoms. The zero-order valence-electron chi connectivity index (χ0n) is 20.5. The van der Waals surface area contributed by atoms with Crippen molar-refractivity contribution in [3.05, 3.63) is 69.3 Å². The summed E-state index contributed by atoms with van der Waals surface area (Å²) in [5.74, 6) is -0.514. The first-order chi connectivity index (χ1) is 16.6. The number of methoxy groups -OCH3 is 1. The summed E-state index contributed by atoms with van der Waals surface area (Å²) in [5, 5.41) is 0. The number of allylic oxidation sites excluding steroid dienone is 2. The van der Waals surface area contributed by atoms with Gasteiger partial charge in [0, 0.05) is 17.5 Å². The SMILES string of the molecule is COC(=O)CC/C(C)=C/Cc1c(OS(=O)(=O)c2ccc(C)cc2)c2c(c(C)c1C1CC1)COC2=O. The van der Waals surface area contributed by atoms with Crippen molar-refractivity contribution in [2.75, 3.05) is 7.11 Å². The Morgan fingerprint density at radius 3 is 2.46 bits per heavy atom. The van der Waals surface area contributed by atoms with E-state index in [0.29, 0.717) is 29.9 Å². The lowest BCUT2D eigenvalue weighted by molar-refractivity contribution is -0.140. The van der Waals surface area contributed by atoms with Crippen molar-refractivity contribution in [3.63, 3.8) is 0 Å². The molecular weight excluding hydrogens is 468 g/mol. The van der Waals surface area contributed by atoms with Gasteiger partial charge in [0.25, 0.3) is 0 Å². The largest absolute Gasteiger partial charge is 0.469 e. The maximum absolute atomic E-state index is 13.3. The molecule has 0 aromatic heterocycles. The number of cyclic esters (lactones) is 1. The number of carbonyl (C=O) groups is 2. The van der Waals surface area contributed by atoms with E-state index in [1.54, 1.807) is 12.1 Å². The minimum atomic E-state index is -4.19. The highest BCUT2D eigenvalue weighted by Crippen LogP contribution is 2.49. The monoisotopic (exact) mass is 498 g/mol. The van der Waals surface area contributed by atoms with Gasteiger partial charge in [0.15, 0.2) is 5.75 Å². The minimum Gasteiger partial charge on any atom is -0.469 e. The molecule has 0 unspecified atom stereocenters. The molecule has 2 aromatic rings. The zero-order chi connectivity index (χ0) is 25.3. The highest BCUT2D eigenvalue weighted by Gasteiger charge is 2.38. The molecule has 1 saturated carbocycles. The highest BCUT2D eigenvalue weighted by atomic mass is 32.2. The Morgan fingerprint density at radius 2 is 1.83 bits per heavy atom. The first-order valence-electron chi connectivity index (χ1n) is 11.7. The van der Waals surface area contributed by atoms with Crippen LogP contribution in [0.5, 0.6) is 5.75 Å². The van der Waals surface area contributed by atoms with Gasteiger partial charge in [0.05, 0.1) is 7.11 Å². The van der Waals surface area contributed by atoms with Gasteiger partial charge >= 0.3 is 22.1 Å². The van der Waals surface area contributed by atoms with Crippen LogP contribution in [0.4, 0.5) is 0 Å². The molecule has 0 radical (unpaired) electrons. The summed E-state index contributed by atoms with van der Waals surface area (Å²) < 4.78 is 42.3. The van der Waals surface area contributed by atoms with Gasteiger partial charge in [-0.05, 0) is 75.6 Å². The Labute approximate surface area is 206 Å². The number of aryl methyl sites for hydroxylation is 1. The summed E-state index contributed by atoms with van der Waals surface area (Å²) in [4.78, 5) is 24.3. The van der Waals surface area contributed by atoms with E-state index >= 15 is 0 Å². The van der Waals surface area contributed by atoms with Crippen LogP contribution in [0.25, 0.3) is 0 Å². The molecule has 186 valence electrons. The number of benzene rings is 2. The van der Waals surface area contributed by atoms with Crippen molar-refractivity contribution in [2.45, 2.75) is 70.3 Å². The molecule has 1 aliphatic heterocycles. The molecule has 0 saturated heterocycles. The van der Waals surface area contributed by atoms with Gasteiger partial charge in [-0.1, -0.05) is 29.3 Å². The third kappa shape index (κ3) is 5.27. The van der Waals surface area contributed by atoms with E-state index in [4.69, 9.17) is 13.7 Å². The number of hydrogen-bond donors (Lipinski definition) is 0. The fourth-order valence-corrected chi connectivity index (χ4v) is 5.42. The van der Waals surface area contributed by atoms with Crippen LogP contribution in [0.1, 0.15) is 76.7 Å². The van der Waals surface area contributed by atoms with Crippen LogP contribution in [0.2, 0.25) is 0 Å². The smallest absolute Gasteiger partial charge is 0.342 e. The van der Waals surface area contributed by atoms with Crippen molar-refractivity contribution in [1.29, 1.82) is 0 Å². The number of carbonyl (C=O) groups excluding carboxylic acids is 2. The lowest BCUT2D eigenvalue weighted by Gasteiger charge is -2.20. The third-order valence-corrected chi connectivity index (χ3v) is 7.87. The maximum Gasteiger partial charge on any atom is 0.342 e. The van der Waals surface area contributed by atoms with E-state index in [-0.39, 0.29) is 35.2 Å². The average Bonchev–Trinajstić information content (AvgIpc) is 3.58. The summed E-state index contributed by atoms with van der Waals surface area (Å²) >= 11 is 0. The van der Waals surface area contributed by atoms with Crippen molar-refractivity contribution < 1.29 is 31.7 Å². The van der Waals surface area contributed by atoms with Gasteiger partial charge in [-0.25, -0.2) is 4.79 Å². The normalized spacial score (nSPS) is 15.5. The molecule has 0 bridgehead atoms. The third-order valence-electron chi connectivity index (χ3n) is 6.63. The summed E-state index contributed by atoms with van der Waals surface area (Å²) in [6, 6.07) is 6.40. The molecule has 1 fully saturated rings. The van der Waals surface area contributed by atoms with Crippen LogP contribution in [0, 0.1) is 13.8 Å². The molecule has 8 heteroatoms. The van der Waals surface area contributed by atoms with Crippen molar-refractivity contribution in [2.24, 2.45) is 0 Å². The van der Waals surface area contributed by atoms with Gasteiger partial charge in [-0.15, -0.1) is 0 Å². The quantitative estimate of drug-likeness (QED) is 0.271. The van der Waals surface area contributed by atoms with Gasteiger partial charge in [0.2, 0.25) is 0 Å².